The number of rotatable bonds is 5. The molecule has 140 valence electrons. The number of nitrogens with one attached hydrogen (secondary N) is 1. The Kier molecular flexibility index (Phi) is 5.69. The molecule has 0 saturated carbocycles. The van der Waals surface area contributed by atoms with Crippen molar-refractivity contribution in [2.75, 3.05) is 16.8 Å². The molecule has 26 heavy (non-hydrogen) atoms. The Balaban J connectivity index is 2.31. The SMILES string of the molecule is Cc1cc(C)c(NC(=O)c2oc(N(CC(C)C)C(=O)O)nc2C)c(C)c1. The van der Waals surface area contributed by atoms with Crippen molar-refractivity contribution >= 4 is 23.7 Å². The third kappa shape index (κ3) is 4.22. The first-order chi connectivity index (χ1) is 12.1. The number of hydrogen-bond donors (Lipinski definition) is 2. The van der Waals surface area contributed by atoms with Gasteiger partial charge >= 0.3 is 12.1 Å². The van der Waals surface area contributed by atoms with Crippen LogP contribution >= 0.6 is 0 Å². The summed E-state index contributed by atoms with van der Waals surface area (Å²) in [6.07, 6.45) is -1.17. The molecule has 1 aromatic carbocycles. The molecule has 7 heteroatoms. The molecule has 2 rings (SSSR count). The highest BCUT2D eigenvalue weighted by Crippen LogP contribution is 2.25. The van der Waals surface area contributed by atoms with Gasteiger partial charge in [-0.3, -0.25) is 4.79 Å². The van der Waals surface area contributed by atoms with Crippen LogP contribution in [0.5, 0.6) is 0 Å². The van der Waals surface area contributed by atoms with Crippen LogP contribution in [0.25, 0.3) is 0 Å². The number of benzene rings is 1. The van der Waals surface area contributed by atoms with E-state index in [0.717, 1.165) is 27.3 Å². The molecule has 0 spiro atoms. The summed E-state index contributed by atoms with van der Waals surface area (Å²) in [6, 6.07) is 3.87. The van der Waals surface area contributed by atoms with Crippen LogP contribution in [-0.4, -0.2) is 28.6 Å². The Bertz CT molecular complexity index is 816. The topological polar surface area (TPSA) is 95.7 Å². The van der Waals surface area contributed by atoms with Crippen molar-refractivity contribution in [3.05, 3.63) is 40.3 Å². The fourth-order valence-corrected chi connectivity index (χ4v) is 2.86. The molecule has 0 radical (unpaired) electrons. The van der Waals surface area contributed by atoms with Crippen LogP contribution in [0.3, 0.4) is 0 Å². The maximum atomic E-state index is 12.6. The number of carboxylic acid groups (broad SMARTS) is 1. The lowest BCUT2D eigenvalue weighted by molar-refractivity contribution is 0.0995. The second kappa shape index (κ2) is 7.59. The van der Waals surface area contributed by atoms with Gasteiger partial charge in [0.15, 0.2) is 0 Å². The van der Waals surface area contributed by atoms with E-state index >= 15 is 0 Å². The van der Waals surface area contributed by atoms with Crippen molar-refractivity contribution in [1.82, 2.24) is 4.98 Å². The number of aromatic nitrogens is 1. The first-order valence-electron chi connectivity index (χ1n) is 8.47. The number of anilines is 2. The summed E-state index contributed by atoms with van der Waals surface area (Å²) in [5.74, 6) is -0.353. The number of carbonyl (C=O) groups excluding carboxylic acids is 1. The zero-order valence-corrected chi connectivity index (χ0v) is 16.0. The minimum atomic E-state index is -1.17. The fraction of sp³-hybridized carbons (Fsp3) is 0.421. The van der Waals surface area contributed by atoms with Crippen LogP contribution in [0, 0.1) is 33.6 Å². The summed E-state index contributed by atoms with van der Waals surface area (Å²) in [5, 5.41) is 12.2. The number of aryl methyl sites for hydroxylation is 4. The van der Waals surface area contributed by atoms with Crippen molar-refractivity contribution in [3.63, 3.8) is 0 Å². The van der Waals surface area contributed by atoms with Gasteiger partial charge in [0, 0.05) is 12.2 Å². The van der Waals surface area contributed by atoms with Gasteiger partial charge in [0.2, 0.25) is 5.76 Å². The van der Waals surface area contributed by atoms with Gasteiger partial charge in [-0.15, -0.1) is 0 Å². The van der Waals surface area contributed by atoms with Gasteiger partial charge in [0.1, 0.15) is 0 Å². The molecule has 1 aromatic heterocycles. The van der Waals surface area contributed by atoms with Crippen molar-refractivity contribution in [2.45, 2.75) is 41.5 Å². The van der Waals surface area contributed by atoms with Gasteiger partial charge in [0.25, 0.3) is 5.91 Å². The second-order valence-electron chi connectivity index (χ2n) is 6.93. The molecule has 0 fully saturated rings. The van der Waals surface area contributed by atoms with E-state index in [9.17, 15) is 14.7 Å². The summed E-state index contributed by atoms with van der Waals surface area (Å²) in [5.41, 5.74) is 4.06. The molecule has 0 saturated heterocycles. The van der Waals surface area contributed by atoms with E-state index in [1.54, 1.807) is 6.92 Å². The van der Waals surface area contributed by atoms with Crippen LogP contribution in [0.2, 0.25) is 0 Å². The number of nitrogens with zero attached hydrogens (tertiary/aromatic N) is 2. The first kappa shape index (κ1) is 19.5. The summed E-state index contributed by atoms with van der Waals surface area (Å²) in [7, 11) is 0. The number of oxazole rings is 1. The average molecular weight is 359 g/mol. The fourth-order valence-electron chi connectivity index (χ4n) is 2.86. The number of carbonyl (C=O) groups is 2. The van der Waals surface area contributed by atoms with E-state index < -0.39 is 12.0 Å². The molecule has 2 N–H and O–H groups in total. The Morgan fingerprint density at radius 3 is 2.27 bits per heavy atom. The van der Waals surface area contributed by atoms with E-state index in [4.69, 9.17) is 4.42 Å². The predicted octanol–water partition coefficient (Wildman–Crippen LogP) is 4.30. The summed E-state index contributed by atoms with van der Waals surface area (Å²) in [6.45, 7) is 11.5. The minimum Gasteiger partial charge on any atom is -0.465 e. The highest BCUT2D eigenvalue weighted by molar-refractivity contribution is 6.04. The zero-order chi connectivity index (χ0) is 19.6. The highest BCUT2D eigenvalue weighted by Gasteiger charge is 2.25. The Hall–Kier alpha value is -2.83. The molecule has 0 bridgehead atoms. The first-order valence-corrected chi connectivity index (χ1v) is 8.47. The number of amides is 2. The molecular weight excluding hydrogens is 334 g/mol. The largest absolute Gasteiger partial charge is 0.465 e. The molecule has 2 aromatic rings. The lowest BCUT2D eigenvalue weighted by atomic mass is 10.1. The van der Waals surface area contributed by atoms with E-state index in [-0.39, 0.29) is 24.2 Å². The van der Waals surface area contributed by atoms with Gasteiger partial charge in [-0.05, 0) is 44.7 Å². The van der Waals surface area contributed by atoms with Crippen LogP contribution in [0.1, 0.15) is 46.8 Å². The van der Waals surface area contributed by atoms with E-state index in [1.807, 2.05) is 46.8 Å². The molecule has 0 atom stereocenters. The normalized spacial score (nSPS) is 10.9. The van der Waals surface area contributed by atoms with Crippen LogP contribution < -0.4 is 10.2 Å². The van der Waals surface area contributed by atoms with Crippen LogP contribution in [0.15, 0.2) is 16.5 Å². The molecular formula is C19H25N3O4. The highest BCUT2D eigenvalue weighted by atomic mass is 16.4. The van der Waals surface area contributed by atoms with E-state index in [1.165, 1.54) is 0 Å². The molecule has 0 unspecified atom stereocenters. The molecule has 2 amide bonds. The third-order valence-electron chi connectivity index (χ3n) is 3.92. The molecule has 0 aliphatic rings. The standard InChI is InChI=1S/C19H25N3O4/c1-10(2)9-22(19(24)25)18-20-14(6)16(26-18)17(23)21-15-12(4)7-11(3)8-13(15)5/h7-8,10H,9H2,1-6H3,(H,21,23)(H,24,25). The number of hydrogen-bond acceptors (Lipinski definition) is 4. The van der Waals surface area contributed by atoms with E-state index in [0.29, 0.717) is 5.69 Å². The van der Waals surface area contributed by atoms with Gasteiger partial charge in [-0.2, -0.15) is 4.98 Å². The van der Waals surface area contributed by atoms with Gasteiger partial charge in [-0.1, -0.05) is 31.5 Å². The lowest BCUT2D eigenvalue weighted by Crippen LogP contribution is -2.33. The van der Waals surface area contributed by atoms with Crippen LogP contribution in [0.4, 0.5) is 16.5 Å². The van der Waals surface area contributed by atoms with Crippen molar-refractivity contribution in [2.24, 2.45) is 5.92 Å². The van der Waals surface area contributed by atoms with Crippen LogP contribution in [-0.2, 0) is 0 Å². The monoisotopic (exact) mass is 359 g/mol. The smallest absolute Gasteiger partial charge is 0.415 e. The summed E-state index contributed by atoms with van der Waals surface area (Å²) in [4.78, 5) is 29.2. The van der Waals surface area contributed by atoms with Crippen molar-refractivity contribution < 1.29 is 19.1 Å². The van der Waals surface area contributed by atoms with Crippen molar-refractivity contribution in [1.29, 1.82) is 0 Å². The third-order valence-corrected chi connectivity index (χ3v) is 3.92. The lowest BCUT2D eigenvalue weighted by Gasteiger charge is -2.16. The molecule has 0 aliphatic heterocycles. The quantitative estimate of drug-likeness (QED) is 0.830. The van der Waals surface area contributed by atoms with E-state index in [2.05, 4.69) is 10.3 Å². The van der Waals surface area contributed by atoms with Gasteiger partial charge in [0.05, 0.1) is 5.69 Å². The van der Waals surface area contributed by atoms with Crippen molar-refractivity contribution in [3.8, 4) is 0 Å². The maximum Gasteiger partial charge on any atom is 0.415 e. The maximum absolute atomic E-state index is 12.6. The Morgan fingerprint density at radius 2 is 1.77 bits per heavy atom. The Labute approximate surface area is 153 Å². The second-order valence-corrected chi connectivity index (χ2v) is 6.93. The minimum absolute atomic E-state index is 0.00869. The van der Waals surface area contributed by atoms with Gasteiger partial charge in [-0.25, -0.2) is 9.69 Å². The Morgan fingerprint density at radius 1 is 1.19 bits per heavy atom. The summed E-state index contributed by atoms with van der Waals surface area (Å²) < 4.78 is 5.50. The van der Waals surface area contributed by atoms with Gasteiger partial charge < -0.3 is 14.8 Å². The predicted molar refractivity (Wildman–Crippen MR) is 100 cm³/mol. The zero-order valence-electron chi connectivity index (χ0n) is 16.0. The molecule has 7 nitrogen and oxygen atoms in total. The summed E-state index contributed by atoms with van der Waals surface area (Å²) >= 11 is 0. The molecule has 0 aliphatic carbocycles. The average Bonchev–Trinajstić information content (AvgIpc) is 2.89. The molecule has 1 heterocycles.